The van der Waals surface area contributed by atoms with Crippen molar-refractivity contribution in [1.82, 2.24) is 0 Å². The summed E-state index contributed by atoms with van der Waals surface area (Å²) in [6.45, 7) is -0.502. The van der Waals surface area contributed by atoms with E-state index in [4.69, 9.17) is 14.6 Å². The quantitative estimate of drug-likeness (QED) is 0.557. The summed E-state index contributed by atoms with van der Waals surface area (Å²) in [6, 6.07) is 10.1. The fourth-order valence-electron chi connectivity index (χ4n) is 1.93. The molecule has 0 aliphatic heterocycles. The number of rotatable bonds is 6. The molecule has 0 radical (unpaired) electrons. The molecular formula is C16H14BrNO6S. The van der Waals surface area contributed by atoms with Gasteiger partial charge in [-0.1, -0.05) is 12.1 Å². The van der Waals surface area contributed by atoms with Crippen LogP contribution < -0.4 is 9.88 Å². The van der Waals surface area contributed by atoms with E-state index in [-0.39, 0.29) is 10.5 Å². The number of carbonyl (C=O) groups excluding carboxylic acids is 2. The Morgan fingerprint density at radius 3 is 2.52 bits per heavy atom. The molecule has 0 saturated heterocycles. The molecule has 132 valence electrons. The van der Waals surface area contributed by atoms with Crippen molar-refractivity contribution in [2.45, 2.75) is 4.90 Å². The number of primary sulfonamides is 1. The van der Waals surface area contributed by atoms with Crippen LogP contribution in [0.1, 0.15) is 20.7 Å². The molecule has 25 heavy (non-hydrogen) atoms. The van der Waals surface area contributed by atoms with Gasteiger partial charge in [0.1, 0.15) is 5.75 Å². The van der Waals surface area contributed by atoms with E-state index < -0.39 is 28.4 Å². The lowest BCUT2D eigenvalue weighted by molar-refractivity contribution is 0.0473. The Labute approximate surface area is 152 Å². The smallest absolute Gasteiger partial charge is 0.339 e. The molecule has 0 bridgehead atoms. The first kappa shape index (κ1) is 19.1. The highest BCUT2D eigenvalue weighted by Crippen LogP contribution is 2.21. The second-order valence-corrected chi connectivity index (χ2v) is 7.33. The van der Waals surface area contributed by atoms with Gasteiger partial charge in [0, 0.05) is 10.0 Å². The zero-order valence-electron chi connectivity index (χ0n) is 13.1. The summed E-state index contributed by atoms with van der Waals surface area (Å²) >= 11 is 3.13. The number of carbonyl (C=O) groups is 2. The maximum atomic E-state index is 12.1. The number of benzene rings is 2. The number of halogens is 1. The fraction of sp³-hybridized carbons (Fsp3) is 0.125. The van der Waals surface area contributed by atoms with Crippen LogP contribution >= 0.6 is 15.9 Å². The second-order valence-electron chi connectivity index (χ2n) is 4.92. The first-order chi connectivity index (χ1) is 11.7. The highest BCUT2D eigenvalue weighted by Gasteiger charge is 2.18. The summed E-state index contributed by atoms with van der Waals surface area (Å²) < 4.78 is 33.1. The van der Waals surface area contributed by atoms with E-state index in [2.05, 4.69) is 15.9 Å². The molecule has 2 rings (SSSR count). The Hall–Kier alpha value is -2.23. The molecule has 2 N–H and O–H groups in total. The summed E-state index contributed by atoms with van der Waals surface area (Å²) in [5.41, 5.74) is 0.273. The Kier molecular flexibility index (Phi) is 5.93. The zero-order chi connectivity index (χ0) is 18.6. The van der Waals surface area contributed by atoms with Gasteiger partial charge in [-0.05, 0) is 46.3 Å². The van der Waals surface area contributed by atoms with E-state index in [0.717, 1.165) is 6.07 Å². The minimum atomic E-state index is -3.97. The zero-order valence-corrected chi connectivity index (χ0v) is 15.5. The predicted octanol–water partition coefficient (Wildman–Crippen LogP) is 2.14. The third kappa shape index (κ3) is 4.88. The largest absolute Gasteiger partial charge is 0.497 e. The number of sulfonamides is 1. The van der Waals surface area contributed by atoms with Crippen LogP contribution in [-0.2, 0) is 14.8 Å². The Morgan fingerprint density at radius 1 is 1.16 bits per heavy atom. The molecule has 9 heteroatoms. The first-order valence-corrected chi connectivity index (χ1v) is 9.23. The molecule has 0 aromatic heterocycles. The molecular weight excluding hydrogens is 414 g/mol. The van der Waals surface area contributed by atoms with E-state index in [1.54, 1.807) is 18.2 Å². The van der Waals surface area contributed by atoms with E-state index in [1.807, 2.05) is 0 Å². The lowest BCUT2D eigenvalue weighted by Gasteiger charge is -2.08. The molecule has 7 nitrogen and oxygen atoms in total. The molecule has 2 aromatic carbocycles. The molecule has 0 aliphatic rings. The van der Waals surface area contributed by atoms with E-state index in [1.165, 1.54) is 25.3 Å². The summed E-state index contributed by atoms with van der Waals surface area (Å²) in [5, 5.41) is 5.04. The Balaban J connectivity index is 2.13. The highest BCUT2D eigenvalue weighted by molar-refractivity contribution is 9.10. The van der Waals surface area contributed by atoms with Gasteiger partial charge in [0.15, 0.2) is 12.4 Å². The SMILES string of the molecule is COc1cccc(C(=O)COC(=O)c2cc(S(N)(=O)=O)ccc2Br)c1. The van der Waals surface area contributed by atoms with Gasteiger partial charge < -0.3 is 9.47 Å². The number of methoxy groups -OCH3 is 1. The topological polar surface area (TPSA) is 113 Å². The summed E-state index contributed by atoms with van der Waals surface area (Å²) in [4.78, 5) is 24.0. The number of nitrogens with two attached hydrogens (primary N) is 1. The number of ether oxygens (including phenoxy) is 2. The van der Waals surface area contributed by atoms with Gasteiger partial charge in [-0.3, -0.25) is 4.79 Å². The molecule has 0 unspecified atom stereocenters. The number of hydrogen-bond acceptors (Lipinski definition) is 6. The van der Waals surface area contributed by atoms with Crippen molar-refractivity contribution >= 4 is 37.7 Å². The average Bonchev–Trinajstić information content (AvgIpc) is 2.58. The van der Waals surface area contributed by atoms with Crippen LogP contribution in [0.15, 0.2) is 51.8 Å². The van der Waals surface area contributed by atoms with Gasteiger partial charge >= 0.3 is 5.97 Å². The van der Waals surface area contributed by atoms with Gasteiger partial charge in [-0.15, -0.1) is 0 Å². The lowest BCUT2D eigenvalue weighted by Crippen LogP contribution is -2.16. The van der Waals surface area contributed by atoms with Crippen LogP contribution in [0.2, 0.25) is 0 Å². The summed E-state index contributed by atoms with van der Waals surface area (Å²) in [5.74, 6) is -0.777. The third-order valence-electron chi connectivity index (χ3n) is 3.21. The van der Waals surface area contributed by atoms with Gasteiger partial charge in [-0.25, -0.2) is 18.4 Å². The molecule has 2 aromatic rings. The summed E-state index contributed by atoms with van der Waals surface area (Å²) in [7, 11) is -2.50. The molecule has 0 atom stereocenters. The van der Waals surface area contributed by atoms with Crippen LogP contribution in [-0.4, -0.2) is 33.9 Å². The Bertz CT molecular complexity index is 926. The molecule has 0 spiro atoms. The van der Waals surface area contributed by atoms with Gasteiger partial charge in [0.05, 0.1) is 17.6 Å². The predicted molar refractivity (Wildman–Crippen MR) is 93.1 cm³/mol. The van der Waals surface area contributed by atoms with Crippen LogP contribution in [0.3, 0.4) is 0 Å². The van der Waals surface area contributed by atoms with Crippen molar-refractivity contribution in [3.8, 4) is 5.75 Å². The van der Waals surface area contributed by atoms with Crippen LogP contribution in [0.25, 0.3) is 0 Å². The molecule has 0 saturated carbocycles. The number of esters is 1. The maximum Gasteiger partial charge on any atom is 0.339 e. The van der Waals surface area contributed by atoms with Crippen LogP contribution in [0.5, 0.6) is 5.75 Å². The van der Waals surface area contributed by atoms with Gasteiger partial charge in [0.2, 0.25) is 10.0 Å². The molecule has 0 fully saturated rings. The maximum absolute atomic E-state index is 12.1. The minimum Gasteiger partial charge on any atom is -0.497 e. The fourth-order valence-corrected chi connectivity index (χ4v) is 2.87. The van der Waals surface area contributed by atoms with Gasteiger partial charge in [0.25, 0.3) is 0 Å². The number of hydrogen-bond donors (Lipinski definition) is 1. The van der Waals surface area contributed by atoms with E-state index in [0.29, 0.717) is 15.8 Å². The highest BCUT2D eigenvalue weighted by atomic mass is 79.9. The first-order valence-electron chi connectivity index (χ1n) is 6.89. The van der Waals surface area contributed by atoms with Crippen molar-refractivity contribution in [2.24, 2.45) is 5.14 Å². The standard InChI is InChI=1S/C16H14BrNO6S/c1-23-11-4-2-3-10(7-11)15(19)9-24-16(20)13-8-12(25(18,21)22)5-6-14(13)17/h2-8H,9H2,1H3,(H2,18,21,22). The lowest BCUT2D eigenvalue weighted by atomic mass is 10.1. The van der Waals surface area contributed by atoms with E-state index in [9.17, 15) is 18.0 Å². The van der Waals surface area contributed by atoms with Crippen molar-refractivity contribution < 1.29 is 27.5 Å². The van der Waals surface area contributed by atoms with Crippen LogP contribution in [0, 0.1) is 0 Å². The molecule has 0 amide bonds. The monoisotopic (exact) mass is 427 g/mol. The number of ketones is 1. The minimum absolute atomic E-state index is 0.0510. The molecule has 0 aliphatic carbocycles. The van der Waals surface area contributed by atoms with Crippen LogP contribution in [0.4, 0.5) is 0 Å². The van der Waals surface area contributed by atoms with E-state index >= 15 is 0 Å². The van der Waals surface area contributed by atoms with Crippen molar-refractivity contribution in [3.05, 3.63) is 58.1 Å². The molecule has 0 heterocycles. The van der Waals surface area contributed by atoms with Gasteiger partial charge in [-0.2, -0.15) is 0 Å². The third-order valence-corrected chi connectivity index (χ3v) is 4.81. The van der Waals surface area contributed by atoms with Crippen molar-refractivity contribution in [3.63, 3.8) is 0 Å². The van der Waals surface area contributed by atoms with Crippen molar-refractivity contribution in [1.29, 1.82) is 0 Å². The van der Waals surface area contributed by atoms with Crippen molar-refractivity contribution in [2.75, 3.05) is 13.7 Å². The second kappa shape index (κ2) is 7.77. The Morgan fingerprint density at radius 2 is 1.88 bits per heavy atom. The average molecular weight is 428 g/mol. The summed E-state index contributed by atoms with van der Waals surface area (Å²) in [6.07, 6.45) is 0. The normalized spacial score (nSPS) is 11.0. The number of Topliss-reactive ketones (excluding diaryl/α,β-unsaturated/α-hetero) is 1.